The van der Waals surface area contributed by atoms with Crippen LogP contribution in [0.5, 0.6) is 0 Å². The van der Waals surface area contributed by atoms with Gasteiger partial charge in [-0.05, 0) is 18.8 Å². The molecule has 0 saturated heterocycles. The van der Waals surface area contributed by atoms with Gasteiger partial charge in [-0.25, -0.2) is 0 Å². The Morgan fingerprint density at radius 2 is 2.07 bits per heavy atom. The van der Waals surface area contributed by atoms with E-state index in [1.807, 2.05) is 0 Å². The molecule has 84 valence electrons. The molecule has 0 saturated carbocycles. The minimum atomic E-state index is -0.765. The molecule has 1 amide bonds. The van der Waals surface area contributed by atoms with Gasteiger partial charge >= 0.3 is 0 Å². The van der Waals surface area contributed by atoms with Gasteiger partial charge < -0.3 is 15.7 Å². The van der Waals surface area contributed by atoms with Crippen LogP contribution in [0.15, 0.2) is 0 Å². The van der Waals surface area contributed by atoms with Crippen LogP contribution in [-0.4, -0.2) is 42.2 Å². The van der Waals surface area contributed by atoms with Crippen LogP contribution in [0.4, 0.5) is 0 Å². The average molecular weight is 202 g/mol. The Bertz CT molecular complexity index is 172. The Kier molecular flexibility index (Phi) is 6.49. The van der Waals surface area contributed by atoms with Crippen LogP contribution in [0.2, 0.25) is 0 Å². The number of carbonyl (C=O) groups excluding carboxylic acids is 1. The first-order valence-electron chi connectivity index (χ1n) is 5.10. The zero-order chi connectivity index (χ0) is 11.1. The first-order valence-corrected chi connectivity index (χ1v) is 5.10. The van der Waals surface area contributed by atoms with Crippen LogP contribution in [0.1, 0.15) is 26.7 Å². The number of nitrogens with zero attached hydrogens (tertiary/aromatic N) is 1. The molecular weight excluding hydrogens is 180 g/mol. The largest absolute Gasteiger partial charge is 0.394 e. The normalized spacial score (nSPS) is 13.0. The smallest absolute Gasteiger partial charge is 0.241 e. The summed E-state index contributed by atoms with van der Waals surface area (Å²) < 4.78 is 0. The van der Waals surface area contributed by atoms with Gasteiger partial charge in [0.15, 0.2) is 0 Å². The predicted octanol–water partition coefficient (Wildman–Crippen LogP) is 0.201. The molecule has 0 aliphatic rings. The fraction of sp³-hybridized carbons (Fsp3) is 0.900. The summed E-state index contributed by atoms with van der Waals surface area (Å²) in [6.45, 7) is 4.74. The molecule has 0 aromatic heterocycles. The molecule has 1 atom stereocenters. The molecule has 4 nitrogen and oxygen atoms in total. The van der Waals surface area contributed by atoms with E-state index in [4.69, 9.17) is 10.8 Å². The van der Waals surface area contributed by atoms with E-state index >= 15 is 0 Å². The number of nitrogens with two attached hydrogens (primary N) is 1. The van der Waals surface area contributed by atoms with E-state index in [-0.39, 0.29) is 12.5 Å². The van der Waals surface area contributed by atoms with Gasteiger partial charge in [-0.2, -0.15) is 0 Å². The van der Waals surface area contributed by atoms with Gasteiger partial charge in [0.25, 0.3) is 0 Å². The Morgan fingerprint density at radius 3 is 2.50 bits per heavy atom. The molecule has 0 aliphatic heterocycles. The summed E-state index contributed by atoms with van der Waals surface area (Å²) in [6, 6.07) is -0.765. The Balaban J connectivity index is 3.73. The number of likely N-dealkylation sites (N-methyl/N-ethyl adjacent to an activating group) is 1. The van der Waals surface area contributed by atoms with Crippen molar-refractivity contribution < 1.29 is 9.90 Å². The van der Waals surface area contributed by atoms with E-state index in [1.165, 1.54) is 0 Å². The molecule has 0 aliphatic carbocycles. The molecule has 0 spiro atoms. The maximum absolute atomic E-state index is 11.4. The number of amides is 1. The van der Waals surface area contributed by atoms with Crippen molar-refractivity contribution in [2.45, 2.75) is 32.7 Å². The summed E-state index contributed by atoms with van der Waals surface area (Å²) in [5.41, 5.74) is 5.41. The quantitative estimate of drug-likeness (QED) is 0.646. The standard InChI is InChI=1S/C10H22N2O2/c1-8(2)5-4-6-12(3)10(14)9(11)7-13/h8-9,13H,4-7,11H2,1-3H3. The third-order valence-corrected chi connectivity index (χ3v) is 2.17. The van der Waals surface area contributed by atoms with Gasteiger partial charge in [0.2, 0.25) is 5.91 Å². The molecule has 1 unspecified atom stereocenters. The second-order valence-corrected chi connectivity index (χ2v) is 4.08. The molecule has 4 heteroatoms. The van der Waals surface area contributed by atoms with Gasteiger partial charge in [-0.3, -0.25) is 4.79 Å². The van der Waals surface area contributed by atoms with Gasteiger partial charge in [0, 0.05) is 13.6 Å². The van der Waals surface area contributed by atoms with Gasteiger partial charge in [0.1, 0.15) is 6.04 Å². The number of rotatable bonds is 6. The van der Waals surface area contributed by atoms with Crippen LogP contribution in [0.25, 0.3) is 0 Å². The highest BCUT2D eigenvalue weighted by Crippen LogP contribution is 2.04. The van der Waals surface area contributed by atoms with Crippen molar-refractivity contribution in [1.82, 2.24) is 4.90 Å². The molecule has 0 aromatic carbocycles. The second kappa shape index (κ2) is 6.79. The van der Waals surface area contributed by atoms with E-state index in [1.54, 1.807) is 11.9 Å². The van der Waals surface area contributed by atoms with E-state index in [0.29, 0.717) is 12.5 Å². The third kappa shape index (κ3) is 5.19. The van der Waals surface area contributed by atoms with Crippen LogP contribution in [0.3, 0.4) is 0 Å². The van der Waals surface area contributed by atoms with Crippen LogP contribution in [0, 0.1) is 5.92 Å². The summed E-state index contributed by atoms with van der Waals surface area (Å²) >= 11 is 0. The monoisotopic (exact) mass is 202 g/mol. The van der Waals surface area contributed by atoms with Gasteiger partial charge in [-0.15, -0.1) is 0 Å². The number of hydrogen-bond donors (Lipinski definition) is 2. The lowest BCUT2D eigenvalue weighted by Crippen LogP contribution is -2.44. The Morgan fingerprint density at radius 1 is 1.50 bits per heavy atom. The number of aliphatic hydroxyl groups is 1. The molecule has 0 radical (unpaired) electrons. The Labute approximate surface area is 86.1 Å². The second-order valence-electron chi connectivity index (χ2n) is 4.08. The first-order chi connectivity index (χ1) is 6.49. The maximum atomic E-state index is 11.4. The highest BCUT2D eigenvalue weighted by atomic mass is 16.3. The van der Waals surface area contributed by atoms with Gasteiger partial charge in [-0.1, -0.05) is 13.8 Å². The van der Waals surface area contributed by atoms with Crippen molar-refractivity contribution in [3.63, 3.8) is 0 Å². The van der Waals surface area contributed by atoms with Crippen molar-refractivity contribution in [3.05, 3.63) is 0 Å². The average Bonchev–Trinajstić information content (AvgIpc) is 2.14. The first kappa shape index (κ1) is 13.4. The molecule has 0 aromatic rings. The number of aliphatic hydroxyl groups excluding tert-OH is 1. The zero-order valence-electron chi connectivity index (χ0n) is 9.36. The summed E-state index contributed by atoms with van der Waals surface area (Å²) in [5, 5.41) is 8.70. The summed E-state index contributed by atoms with van der Waals surface area (Å²) in [5.74, 6) is 0.473. The van der Waals surface area contributed by atoms with Crippen LogP contribution >= 0.6 is 0 Å². The maximum Gasteiger partial charge on any atom is 0.241 e. The summed E-state index contributed by atoms with van der Waals surface area (Å²) in [7, 11) is 1.72. The predicted molar refractivity (Wildman–Crippen MR) is 56.8 cm³/mol. The fourth-order valence-electron chi connectivity index (χ4n) is 1.21. The van der Waals surface area contributed by atoms with E-state index in [0.717, 1.165) is 12.8 Å². The molecule has 3 N–H and O–H groups in total. The van der Waals surface area contributed by atoms with Crippen LogP contribution in [-0.2, 0) is 4.79 Å². The highest BCUT2D eigenvalue weighted by molar-refractivity contribution is 5.81. The van der Waals surface area contributed by atoms with E-state index < -0.39 is 6.04 Å². The molecule has 0 fully saturated rings. The fourth-order valence-corrected chi connectivity index (χ4v) is 1.21. The third-order valence-electron chi connectivity index (χ3n) is 2.17. The van der Waals surface area contributed by atoms with Crippen LogP contribution < -0.4 is 5.73 Å². The molecule has 0 heterocycles. The molecule has 0 bridgehead atoms. The van der Waals surface area contributed by atoms with E-state index in [9.17, 15) is 4.79 Å². The lowest BCUT2D eigenvalue weighted by atomic mass is 10.1. The number of hydrogen-bond acceptors (Lipinski definition) is 3. The topological polar surface area (TPSA) is 66.6 Å². The molecule has 14 heavy (non-hydrogen) atoms. The van der Waals surface area contributed by atoms with Crippen molar-refractivity contribution >= 4 is 5.91 Å². The van der Waals surface area contributed by atoms with Crippen molar-refractivity contribution in [3.8, 4) is 0 Å². The minimum absolute atomic E-state index is 0.184. The van der Waals surface area contributed by atoms with E-state index in [2.05, 4.69) is 13.8 Å². The lowest BCUT2D eigenvalue weighted by Gasteiger charge is -2.20. The van der Waals surface area contributed by atoms with Crippen molar-refractivity contribution in [2.75, 3.05) is 20.2 Å². The van der Waals surface area contributed by atoms with Crippen molar-refractivity contribution in [1.29, 1.82) is 0 Å². The summed E-state index contributed by atoms with van der Waals surface area (Å²) in [4.78, 5) is 13.0. The lowest BCUT2D eigenvalue weighted by molar-refractivity contribution is -0.132. The summed E-state index contributed by atoms with van der Waals surface area (Å²) in [6.07, 6.45) is 2.09. The van der Waals surface area contributed by atoms with Gasteiger partial charge in [0.05, 0.1) is 6.61 Å². The van der Waals surface area contributed by atoms with Crippen molar-refractivity contribution in [2.24, 2.45) is 11.7 Å². The molecular formula is C10H22N2O2. The number of carbonyl (C=O) groups is 1. The minimum Gasteiger partial charge on any atom is -0.394 e. The SMILES string of the molecule is CC(C)CCCN(C)C(=O)C(N)CO. The Hall–Kier alpha value is -0.610. The highest BCUT2D eigenvalue weighted by Gasteiger charge is 2.16. The zero-order valence-corrected chi connectivity index (χ0v) is 9.36. The molecule has 0 rings (SSSR count).